The quantitative estimate of drug-likeness (QED) is 0.538. The summed E-state index contributed by atoms with van der Waals surface area (Å²) < 4.78 is 5.24. The van der Waals surface area contributed by atoms with Crippen LogP contribution in [0, 0.1) is 5.92 Å². The summed E-state index contributed by atoms with van der Waals surface area (Å²) in [6, 6.07) is 15.9. The summed E-state index contributed by atoms with van der Waals surface area (Å²) in [5, 5.41) is 14.8. The topological polar surface area (TPSA) is 122 Å². The van der Waals surface area contributed by atoms with Crippen LogP contribution in [0.25, 0.3) is 0 Å². The van der Waals surface area contributed by atoms with Crippen LogP contribution in [0.1, 0.15) is 36.8 Å². The van der Waals surface area contributed by atoms with E-state index in [0.717, 1.165) is 11.1 Å². The van der Waals surface area contributed by atoms with E-state index >= 15 is 0 Å². The molecule has 3 N–H and O–H groups in total. The normalized spacial score (nSPS) is 17.5. The van der Waals surface area contributed by atoms with Gasteiger partial charge in [0.25, 0.3) is 0 Å². The Morgan fingerprint density at radius 3 is 2.21 bits per heavy atom. The third kappa shape index (κ3) is 7.45. The second kappa shape index (κ2) is 11.8. The van der Waals surface area contributed by atoms with Gasteiger partial charge in [-0.3, -0.25) is 9.59 Å². The number of rotatable bonds is 9. The van der Waals surface area contributed by atoms with Gasteiger partial charge >= 0.3 is 12.1 Å². The van der Waals surface area contributed by atoms with Gasteiger partial charge < -0.3 is 20.5 Å². The van der Waals surface area contributed by atoms with Crippen molar-refractivity contribution in [3.05, 3.63) is 71.8 Å². The number of hydrogen-bond donors (Lipinski definition) is 3. The van der Waals surface area contributed by atoms with E-state index in [1.54, 1.807) is 0 Å². The zero-order chi connectivity index (χ0) is 23.6. The average Bonchev–Trinajstić information content (AvgIpc) is 2.82. The molecule has 0 unspecified atom stereocenters. The second-order valence-corrected chi connectivity index (χ2v) is 8.17. The molecule has 1 fully saturated rings. The van der Waals surface area contributed by atoms with Crippen LogP contribution in [0.4, 0.5) is 4.79 Å². The minimum atomic E-state index is -1.21. The Labute approximate surface area is 192 Å². The van der Waals surface area contributed by atoms with Crippen molar-refractivity contribution in [1.29, 1.82) is 0 Å². The molecule has 33 heavy (non-hydrogen) atoms. The van der Waals surface area contributed by atoms with Crippen molar-refractivity contribution in [3.8, 4) is 0 Å². The summed E-state index contributed by atoms with van der Waals surface area (Å²) in [5.41, 5.74) is 1.59. The molecule has 0 radical (unpaired) electrons. The highest BCUT2D eigenvalue weighted by molar-refractivity contribution is 5.90. The molecule has 1 aliphatic rings. The van der Waals surface area contributed by atoms with Crippen LogP contribution in [0.5, 0.6) is 0 Å². The Balaban J connectivity index is 1.68. The molecule has 1 aliphatic carbocycles. The van der Waals surface area contributed by atoms with E-state index in [2.05, 4.69) is 10.6 Å². The molecule has 8 heteroatoms. The molecule has 8 nitrogen and oxygen atoms in total. The van der Waals surface area contributed by atoms with Crippen LogP contribution in [0.15, 0.2) is 60.7 Å². The fraction of sp³-hybridized carbons (Fsp3) is 0.360. The van der Waals surface area contributed by atoms with Gasteiger partial charge in [-0.15, -0.1) is 0 Å². The van der Waals surface area contributed by atoms with Crippen LogP contribution in [0.3, 0.4) is 0 Å². The van der Waals surface area contributed by atoms with E-state index in [1.807, 2.05) is 60.7 Å². The summed E-state index contributed by atoms with van der Waals surface area (Å²) in [6.07, 6.45) is 1.06. The van der Waals surface area contributed by atoms with E-state index in [4.69, 9.17) is 4.74 Å². The largest absolute Gasteiger partial charge is 0.480 e. The van der Waals surface area contributed by atoms with E-state index in [-0.39, 0.29) is 25.2 Å². The fourth-order valence-corrected chi connectivity index (χ4v) is 3.94. The lowest BCUT2D eigenvalue weighted by Crippen LogP contribution is -2.55. The molecular formula is C25H28N2O6. The van der Waals surface area contributed by atoms with Crippen molar-refractivity contribution >= 4 is 23.8 Å². The Morgan fingerprint density at radius 2 is 1.61 bits per heavy atom. The van der Waals surface area contributed by atoms with Crippen molar-refractivity contribution in [1.82, 2.24) is 10.6 Å². The summed E-state index contributed by atoms with van der Waals surface area (Å²) in [4.78, 5) is 49.2. The van der Waals surface area contributed by atoms with Crippen molar-refractivity contribution in [2.24, 2.45) is 5.92 Å². The summed E-state index contributed by atoms with van der Waals surface area (Å²) >= 11 is 0. The Kier molecular flexibility index (Phi) is 8.57. The number of nitrogens with one attached hydrogen (secondary N) is 2. The summed E-state index contributed by atoms with van der Waals surface area (Å²) in [6.45, 7) is 0.0360. The second-order valence-electron chi connectivity index (χ2n) is 8.17. The van der Waals surface area contributed by atoms with Crippen molar-refractivity contribution in [2.45, 2.75) is 50.8 Å². The molecule has 0 aromatic heterocycles. The number of carboxylic acids is 1. The standard InChI is InChI=1S/C25H28N2O6/c28-20-13-7-12-19(15-20)22(24(30)31)27-23(29)21(14-17-8-3-1-4-9-17)26-25(32)33-16-18-10-5-2-6-11-18/h1-6,8-11,19,21-22H,7,12-16H2,(H,26,32)(H,27,29)(H,30,31)/t19-,21+,22+/m0/s1. The third-order valence-corrected chi connectivity index (χ3v) is 5.66. The van der Waals surface area contributed by atoms with Crippen LogP contribution in [-0.2, 0) is 32.1 Å². The smallest absolute Gasteiger partial charge is 0.408 e. The van der Waals surface area contributed by atoms with Crippen LogP contribution < -0.4 is 10.6 Å². The van der Waals surface area contributed by atoms with Crippen molar-refractivity contribution in [3.63, 3.8) is 0 Å². The summed E-state index contributed by atoms with van der Waals surface area (Å²) in [5.74, 6) is -2.32. The van der Waals surface area contributed by atoms with E-state index in [1.165, 1.54) is 0 Å². The number of carbonyl (C=O) groups excluding carboxylic acids is 3. The zero-order valence-corrected chi connectivity index (χ0v) is 18.2. The first-order valence-electron chi connectivity index (χ1n) is 11.0. The van der Waals surface area contributed by atoms with E-state index in [0.29, 0.717) is 19.3 Å². The summed E-state index contributed by atoms with van der Waals surface area (Å²) in [7, 11) is 0. The molecule has 3 atom stereocenters. The van der Waals surface area contributed by atoms with Gasteiger partial charge in [0.15, 0.2) is 0 Å². The Morgan fingerprint density at radius 1 is 0.970 bits per heavy atom. The molecule has 1 saturated carbocycles. The lowest BCUT2D eigenvalue weighted by Gasteiger charge is -2.29. The molecule has 174 valence electrons. The monoisotopic (exact) mass is 452 g/mol. The highest BCUT2D eigenvalue weighted by Gasteiger charge is 2.35. The van der Waals surface area contributed by atoms with Crippen LogP contribution in [-0.4, -0.2) is 40.9 Å². The first kappa shape index (κ1) is 24.0. The van der Waals surface area contributed by atoms with Gasteiger partial charge in [0.05, 0.1) is 0 Å². The number of carboxylic acid groups (broad SMARTS) is 1. The molecule has 0 spiro atoms. The van der Waals surface area contributed by atoms with Crippen molar-refractivity contribution in [2.75, 3.05) is 0 Å². The lowest BCUT2D eigenvalue weighted by molar-refractivity contribution is -0.144. The number of amides is 2. The van der Waals surface area contributed by atoms with Gasteiger partial charge in [-0.05, 0) is 29.9 Å². The zero-order valence-electron chi connectivity index (χ0n) is 18.2. The SMILES string of the molecule is O=C1CCC[C@H]([C@@H](NC(=O)[C@@H](Cc2ccccc2)NC(=O)OCc2ccccc2)C(=O)O)C1. The average molecular weight is 453 g/mol. The predicted octanol–water partition coefficient (Wildman–Crippen LogP) is 2.85. The molecule has 0 saturated heterocycles. The van der Waals surface area contributed by atoms with Crippen molar-refractivity contribution < 1.29 is 29.0 Å². The molecular weight excluding hydrogens is 424 g/mol. The number of carbonyl (C=O) groups is 4. The molecule has 2 aromatic rings. The number of aliphatic carboxylic acids is 1. The maximum absolute atomic E-state index is 13.1. The predicted molar refractivity (Wildman–Crippen MR) is 120 cm³/mol. The number of ketones is 1. The van der Waals surface area contributed by atoms with E-state index < -0.39 is 36.0 Å². The minimum Gasteiger partial charge on any atom is -0.480 e. The maximum Gasteiger partial charge on any atom is 0.408 e. The Hall–Kier alpha value is -3.68. The molecule has 0 heterocycles. The van der Waals surface area contributed by atoms with Gasteiger partial charge in [0.1, 0.15) is 24.5 Å². The Bertz CT molecular complexity index is 963. The number of alkyl carbamates (subject to hydrolysis) is 1. The number of hydrogen-bond acceptors (Lipinski definition) is 5. The van der Waals surface area contributed by atoms with Gasteiger partial charge in [-0.1, -0.05) is 60.7 Å². The molecule has 0 bridgehead atoms. The van der Waals surface area contributed by atoms with Gasteiger partial charge in [0, 0.05) is 19.3 Å². The minimum absolute atomic E-state index is 0.00445. The molecule has 2 aromatic carbocycles. The number of benzene rings is 2. The molecule has 3 rings (SSSR count). The third-order valence-electron chi connectivity index (χ3n) is 5.66. The molecule has 2 amide bonds. The van der Waals surface area contributed by atoms with Gasteiger partial charge in [-0.25, -0.2) is 9.59 Å². The van der Waals surface area contributed by atoms with Gasteiger partial charge in [0.2, 0.25) is 5.91 Å². The van der Waals surface area contributed by atoms with Gasteiger partial charge in [-0.2, -0.15) is 0 Å². The first-order valence-corrected chi connectivity index (χ1v) is 11.0. The number of Topliss-reactive ketones (excluding diaryl/α,β-unsaturated/α-hetero) is 1. The lowest BCUT2D eigenvalue weighted by atomic mass is 9.83. The number of ether oxygens (including phenoxy) is 1. The van der Waals surface area contributed by atoms with E-state index in [9.17, 15) is 24.3 Å². The highest BCUT2D eigenvalue weighted by atomic mass is 16.5. The fourth-order valence-electron chi connectivity index (χ4n) is 3.94. The molecule has 0 aliphatic heterocycles. The first-order chi connectivity index (χ1) is 15.9. The van der Waals surface area contributed by atoms with Crippen LogP contribution in [0.2, 0.25) is 0 Å². The highest BCUT2D eigenvalue weighted by Crippen LogP contribution is 2.24. The maximum atomic E-state index is 13.1. The van der Waals surface area contributed by atoms with Crippen LogP contribution >= 0.6 is 0 Å².